The second-order valence-electron chi connectivity index (χ2n) is 3.80. The molecule has 0 aromatic rings. The van der Waals surface area contributed by atoms with Gasteiger partial charge in [0, 0.05) is 0 Å². The quantitative estimate of drug-likeness (QED) is 0.540. The minimum Gasteiger partial charge on any atom is -0.466 e. The van der Waals surface area contributed by atoms with Crippen molar-refractivity contribution in [1.82, 2.24) is 0 Å². The first-order chi connectivity index (χ1) is 7.45. The molecule has 6 heteroatoms. The molecule has 0 spiro atoms. The van der Waals surface area contributed by atoms with Gasteiger partial charge in [-0.1, -0.05) is 12.2 Å². The maximum absolute atomic E-state index is 12.7. The Morgan fingerprint density at radius 3 is 2.56 bits per heavy atom. The van der Waals surface area contributed by atoms with Crippen molar-refractivity contribution in [2.75, 3.05) is 6.61 Å². The molecule has 0 aromatic carbocycles. The van der Waals surface area contributed by atoms with Gasteiger partial charge in [0.1, 0.15) is 11.8 Å². The summed E-state index contributed by atoms with van der Waals surface area (Å²) >= 11 is 0. The minimum absolute atomic E-state index is 0.0704. The van der Waals surface area contributed by atoms with Gasteiger partial charge in [0.15, 0.2) is 0 Å². The number of hydrogen-bond donors (Lipinski definition) is 0. The standard InChI is InChI=1S/C10H11F3O3/c1-2-15-9(14)7-5-3-4-6(16-5)8(7)10(11,12)13/h3-8H,2H2,1H3/t5-,6+,7+,8-/m0/s1. The number of carbonyl (C=O) groups is 1. The molecule has 0 amide bonds. The van der Waals surface area contributed by atoms with Gasteiger partial charge in [0.05, 0.1) is 18.8 Å². The summed E-state index contributed by atoms with van der Waals surface area (Å²) in [6.07, 6.45) is -3.43. The number of esters is 1. The number of halogens is 3. The molecular weight excluding hydrogens is 225 g/mol. The molecule has 0 unspecified atom stereocenters. The van der Waals surface area contributed by atoms with Crippen LogP contribution in [-0.2, 0) is 14.3 Å². The van der Waals surface area contributed by atoms with Crippen LogP contribution < -0.4 is 0 Å². The summed E-state index contributed by atoms with van der Waals surface area (Å²) < 4.78 is 48.0. The van der Waals surface area contributed by atoms with Gasteiger partial charge >= 0.3 is 12.1 Å². The van der Waals surface area contributed by atoms with Gasteiger partial charge in [-0.15, -0.1) is 0 Å². The molecule has 2 rings (SSSR count). The van der Waals surface area contributed by atoms with Crippen LogP contribution in [0, 0.1) is 11.8 Å². The van der Waals surface area contributed by atoms with E-state index >= 15 is 0 Å². The number of rotatable bonds is 2. The fourth-order valence-corrected chi connectivity index (χ4v) is 2.22. The average molecular weight is 236 g/mol. The van der Waals surface area contributed by atoms with Crippen molar-refractivity contribution >= 4 is 5.97 Å². The Hall–Kier alpha value is -1.04. The lowest BCUT2D eigenvalue weighted by Crippen LogP contribution is -2.41. The first-order valence-electron chi connectivity index (χ1n) is 5.02. The van der Waals surface area contributed by atoms with E-state index in [2.05, 4.69) is 4.74 Å². The van der Waals surface area contributed by atoms with Crippen LogP contribution in [0.3, 0.4) is 0 Å². The van der Waals surface area contributed by atoms with Gasteiger partial charge < -0.3 is 9.47 Å². The zero-order valence-electron chi connectivity index (χ0n) is 8.53. The van der Waals surface area contributed by atoms with Gasteiger partial charge in [-0.05, 0) is 6.92 Å². The Labute approximate surface area is 90.2 Å². The van der Waals surface area contributed by atoms with Crippen LogP contribution in [0.5, 0.6) is 0 Å². The first-order valence-corrected chi connectivity index (χ1v) is 5.02. The topological polar surface area (TPSA) is 35.5 Å². The van der Waals surface area contributed by atoms with E-state index in [9.17, 15) is 18.0 Å². The zero-order chi connectivity index (χ0) is 11.9. The summed E-state index contributed by atoms with van der Waals surface area (Å²) in [6, 6.07) is 0. The van der Waals surface area contributed by atoms with Crippen LogP contribution in [0.15, 0.2) is 12.2 Å². The van der Waals surface area contributed by atoms with Crippen LogP contribution in [0.4, 0.5) is 13.2 Å². The molecule has 1 fully saturated rings. The van der Waals surface area contributed by atoms with E-state index in [0.29, 0.717) is 0 Å². The summed E-state index contributed by atoms with van der Waals surface area (Å²) in [7, 11) is 0. The van der Waals surface area contributed by atoms with Crippen LogP contribution in [0.25, 0.3) is 0 Å². The van der Waals surface area contributed by atoms with E-state index < -0.39 is 36.2 Å². The maximum atomic E-state index is 12.7. The van der Waals surface area contributed by atoms with E-state index in [1.165, 1.54) is 12.2 Å². The van der Waals surface area contributed by atoms with Gasteiger partial charge in [-0.3, -0.25) is 4.79 Å². The second-order valence-corrected chi connectivity index (χ2v) is 3.80. The summed E-state index contributed by atoms with van der Waals surface area (Å²) in [4.78, 5) is 11.5. The lowest BCUT2D eigenvalue weighted by molar-refractivity contribution is -0.197. The molecule has 2 aliphatic heterocycles. The van der Waals surface area contributed by atoms with E-state index in [1.807, 2.05) is 0 Å². The largest absolute Gasteiger partial charge is 0.466 e. The number of ether oxygens (including phenoxy) is 2. The molecule has 0 N–H and O–H groups in total. The molecule has 2 bridgehead atoms. The number of fused-ring (bicyclic) bond motifs is 2. The molecule has 0 saturated carbocycles. The lowest BCUT2D eigenvalue weighted by Gasteiger charge is -2.25. The molecule has 90 valence electrons. The number of carbonyl (C=O) groups excluding carboxylic acids is 1. The molecule has 1 saturated heterocycles. The molecule has 0 aromatic heterocycles. The fraction of sp³-hybridized carbons (Fsp3) is 0.700. The van der Waals surface area contributed by atoms with E-state index in [4.69, 9.17) is 4.74 Å². The predicted molar refractivity (Wildman–Crippen MR) is 47.5 cm³/mol. The van der Waals surface area contributed by atoms with Crippen LogP contribution in [0.1, 0.15) is 6.92 Å². The van der Waals surface area contributed by atoms with Crippen molar-refractivity contribution in [3.05, 3.63) is 12.2 Å². The van der Waals surface area contributed by atoms with Crippen LogP contribution in [0.2, 0.25) is 0 Å². The van der Waals surface area contributed by atoms with Gasteiger partial charge in [-0.25, -0.2) is 0 Å². The maximum Gasteiger partial charge on any atom is 0.395 e. The highest BCUT2D eigenvalue weighted by atomic mass is 19.4. The Morgan fingerprint density at radius 1 is 1.38 bits per heavy atom. The molecule has 3 nitrogen and oxygen atoms in total. The summed E-state index contributed by atoms with van der Waals surface area (Å²) in [5.74, 6) is -3.86. The highest BCUT2D eigenvalue weighted by Gasteiger charge is 2.61. The van der Waals surface area contributed by atoms with Crippen LogP contribution in [-0.4, -0.2) is 31.0 Å². The average Bonchev–Trinajstić information content (AvgIpc) is 2.74. The summed E-state index contributed by atoms with van der Waals surface area (Å²) in [6.45, 7) is 1.63. The van der Waals surface area contributed by atoms with Crippen molar-refractivity contribution in [1.29, 1.82) is 0 Å². The van der Waals surface area contributed by atoms with E-state index in [1.54, 1.807) is 6.92 Å². The third-order valence-electron chi connectivity index (χ3n) is 2.84. The van der Waals surface area contributed by atoms with Gasteiger partial charge in [0.2, 0.25) is 0 Å². The second kappa shape index (κ2) is 3.76. The van der Waals surface area contributed by atoms with Gasteiger partial charge in [-0.2, -0.15) is 13.2 Å². The predicted octanol–water partition coefficient (Wildman–Crippen LogP) is 1.68. The lowest BCUT2D eigenvalue weighted by atomic mass is 9.82. The number of hydrogen-bond acceptors (Lipinski definition) is 3. The van der Waals surface area contributed by atoms with Crippen molar-refractivity contribution in [2.24, 2.45) is 11.8 Å². The monoisotopic (exact) mass is 236 g/mol. The van der Waals surface area contributed by atoms with E-state index in [0.717, 1.165) is 0 Å². The fourth-order valence-electron chi connectivity index (χ4n) is 2.22. The van der Waals surface area contributed by atoms with Crippen molar-refractivity contribution in [3.63, 3.8) is 0 Å². The van der Waals surface area contributed by atoms with Crippen molar-refractivity contribution in [2.45, 2.75) is 25.3 Å². The molecule has 4 atom stereocenters. The SMILES string of the molecule is CCOC(=O)[C@H]1[C@@H](C(F)(F)F)[C@H]2C=C[C@@H]1O2. The summed E-state index contributed by atoms with van der Waals surface area (Å²) in [5.41, 5.74) is 0. The van der Waals surface area contributed by atoms with Crippen molar-refractivity contribution in [3.8, 4) is 0 Å². The highest BCUT2D eigenvalue weighted by molar-refractivity contribution is 5.75. The Morgan fingerprint density at radius 2 is 2.00 bits per heavy atom. The normalized spacial score (nSPS) is 36.8. The molecular formula is C10H11F3O3. The molecule has 0 aliphatic carbocycles. The Balaban J connectivity index is 2.22. The van der Waals surface area contributed by atoms with Crippen molar-refractivity contribution < 1.29 is 27.4 Å². The molecule has 2 aliphatic rings. The highest BCUT2D eigenvalue weighted by Crippen LogP contribution is 2.47. The third kappa shape index (κ3) is 1.71. The van der Waals surface area contributed by atoms with Crippen LogP contribution >= 0.6 is 0 Å². The van der Waals surface area contributed by atoms with E-state index in [-0.39, 0.29) is 6.61 Å². The minimum atomic E-state index is -4.44. The Kier molecular flexibility index (Phi) is 2.69. The Bertz CT molecular complexity index is 324. The smallest absolute Gasteiger partial charge is 0.395 e. The summed E-state index contributed by atoms with van der Waals surface area (Å²) in [5, 5.41) is 0. The molecule has 0 radical (unpaired) electrons. The first kappa shape index (κ1) is 11.4. The molecule has 2 heterocycles. The zero-order valence-corrected chi connectivity index (χ0v) is 8.53. The molecule has 16 heavy (non-hydrogen) atoms. The third-order valence-corrected chi connectivity index (χ3v) is 2.84. The number of alkyl halides is 3. The van der Waals surface area contributed by atoms with Gasteiger partial charge in [0.25, 0.3) is 0 Å².